The molecule has 0 heterocycles. The van der Waals surface area contributed by atoms with E-state index < -0.39 is 0 Å². The molecule has 0 bridgehead atoms. The SMILES string of the molecule is CC1CCC(C(C)C)C(NCc2ccc(Br)c(Br)c2)C1. The third kappa shape index (κ3) is 4.32. The molecule has 3 unspecified atom stereocenters. The monoisotopic (exact) mass is 401 g/mol. The lowest BCUT2D eigenvalue weighted by molar-refractivity contribution is 0.169. The van der Waals surface area contributed by atoms with Gasteiger partial charge in [0.15, 0.2) is 0 Å². The minimum atomic E-state index is 0.668. The van der Waals surface area contributed by atoms with Gasteiger partial charge in [0.25, 0.3) is 0 Å². The second-order valence-corrected chi connectivity index (χ2v) is 8.27. The summed E-state index contributed by atoms with van der Waals surface area (Å²) in [6.45, 7) is 8.09. The summed E-state index contributed by atoms with van der Waals surface area (Å²) in [5, 5.41) is 3.81. The van der Waals surface area contributed by atoms with Crippen LogP contribution in [-0.4, -0.2) is 6.04 Å². The summed E-state index contributed by atoms with van der Waals surface area (Å²) in [4.78, 5) is 0. The molecular weight excluding hydrogens is 378 g/mol. The van der Waals surface area contributed by atoms with Crippen molar-refractivity contribution in [3.63, 3.8) is 0 Å². The average Bonchev–Trinajstić information content (AvgIpc) is 2.40. The Labute approximate surface area is 140 Å². The van der Waals surface area contributed by atoms with Crippen LogP contribution in [0.2, 0.25) is 0 Å². The lowest BCUT2D eigenvalue weighted by atomic mass is 9.74. The Bertz CT molecular complexity index is 445. The smallest absolute Gasteiger partial charge is 0.0320 e. The van der Waals surface area contributed by atoms with Crippen molar-refractivity contribution in [1.29, 1.82) is 0 Å². The van der Waals surface area contributed by atoms with E-state index in [9.17, 15) is 0 Å². The molecule has 0 radical (unpaired) electrons. The van der Waals surface area contributed by atoms with Gasteiger partial charge in [0.2, 0.25) is 0 Å². The molecule has 3 atom stereocenters. The minimum Gasteiger partial charge on any atom is -0.310 e. The van der Waals surface area contributed by atoms with E-state index in [1.54, 1.807) is 0 Å². The molecule has 0 saturated heterocycles. The normalized spacial score (nSPS) is 27.0. The summed E-state index contributed by atoms with van der Waals surface area (Å²) >= 11 is 7.11. The molecular formula is C17H25Br2N. The van der Waals surface area contributed by atoms with Gasteiger partial charge < -0.3 is 5.32 Å². The topological polar surface area (TPSA) is 12.0 Å². The van der Waals surface area contributed by atoms with Gasteiger partial charge in [0.05, 0.1) is 0 Å². The third-order valence-corrected chi connectivity index (χ3v) is 6.45. The van der Waals surface area contributed by atoms with Crippen molar-refractivity contribution in [3.8, 4) is 0 Å². The van der Waals surface area contributed by atoms with Crippen LogP contribution in [0.15, 0.2) is 27.1 Å². The molecule has 20 heavy (non-hydrogen) atoms. The Hall–Kier alpha value is 0.140. The van der Waals surface area contributed by atoms with Crippen LogP contribution in [-0.2, 0) is 6.54 Å². The Morgan fingerprint density at radius 3 is 2.60 bits per heavy atom. The van der Waals surface area contributed by atoms with Crippen molar-refractivity contribution in [2.75, 3.05) is 0 Å². The molecule has 1 nitrogen and oxygen atoms in total. The number of hydrogen-bond acceptors (Lipinski definition) is 1. The molecule has 0 aromatic heterocycles. The van der Waals surface area contributed by atoms with Crippen LogP contribution in [0.25, 0.3) is 0 Å². The van der Waals surface area contributed by atoms with Gasteiger partial charge >= 0.3 is 0 Å². The number of halogens is 2. The average molecular weight is 403 g/mol. The van der Waals surface area contributed by atoms with Crippen LogP contribution < -0.4 is 5.32 Å². The molecule has 112 valence electrons. The fraction of sp³-hybridized carbons (Fsp3) is 0.647. The van der Waals surface area contributed by atoms with Crippen LogP contribution in [0.5, 0.6) is 0 Å². The zero-order valence-corrected chi connectivity index (χ0v) is 15.8. The highest BCUT2D eigenvalue weighted by Crippen LogP contribution is 2.33. The fourth-order valence-electron chi connectivity index (χ4n) is 3.34. The quantitative estimate of drug-likeness (QED) is 0.674. The van der Waals surface area contributed by atoms with Gasteiger partial charge in [0, 0.05) is 21.5 Å². The third-order valence-electron chi connectivity index (χ3n) is 4.57. The van der Waals surface area contributed by atoms with Crippen LogP contribution in [0.4, 0.5) is 0 Å². The molecule has 1 aliphatic carbocycles. The molecule has 0 spiro atoms. The second-order valence-electron chi connectivity index (χ2n) is 6.56. The highest BCUT2D eigenvalue weighted by Gasteiger charge is 2.30. The number of hydrogen-bond donors (Lipinski definition) is 1. The first-order valence-electron chi connectivity index (χ1n) is 7.64. The maximum atomic E-state index is 3.81. The Kier molecular flexibility index (Phi) is 6.12. The first-order valence-corrected chi connectivity index (χ1v) is 9.23. The summed E-state index contributed by atoms with van der Waals surface area (Å²) in [6.07, 6.45) is 4.09. The summed E-state index contributed by atoms with van der Waals surface area (Å²) in [7, 11) is 0. The molecule has 2 rings (SSSR count). The number of nitrogens with one attached hydrogen (secondary N) is 1. The van der Waals surface area contributed by atoms with Crippen LogP contribution in [0, 0.1) is 17.8 Å². The van der Waals surface area contributed by atoms with Crippen molar-refractivity contribution in [2.24, 2.45) is 17.8 Å². The van der Waals surface area contributed by atoms with Gasteiger partial charge in [-0.05, 0) is 80.2 Å². The van der Waals surface area contributed by atoms with E-state index in [1.165, 1.54) is 24.8 Å². The standard InChI is InChI=1S/C17H25Br2N/c1-11(2)14-6-4-12(3)8-17(14)20-10-13-5-7-15(18)16(19)9-13/h5,7,9,11-12,14,17,20H,4,6,8,10H2,1-3H3. The van der Waals surface area contributed by atoms with Crippen molar-refractivity contribution < 1.29 is 0 Å². The van der Waals surface area contributed by atoms with Crippen molar-refractivity contribution in [2.45, 2.75) is 52.6 Å². The molecule has 1 aromatic carbocycles. The molecule has 0 amide bonds. The first kappa shape index (κ1) is 16.5. The second kappa shape index (κ2) is 7.42. The fourth-order valence-corrected chi connectivity index (χ4v) is 4.01. The van der Waals surface area contributed by atoms with Crippen molar-refractivity contribution in [1.82, 2.24) is 5.32 Å². The van der Waals surface area contributed by atoms with Crippen LogP contribution in [0.3, 0.4) is 0 Å². The van der Waals surface area contributed by atoms with E-state index in [-0.39, 0.29) is 0 Å². The lowest BCUT2D eigenvalue weighted by Gasteiger charge is -2.38. The summed E-state index contributed by atoms with van der Waals surface area (Å²) in [6, 6.07) is 7.18. The van der Waals surface area contributed by atoms with E-state index in [1.807, 2.05) is 0 Å². The Morgan fingerprint density at radius 2 is 1.95 bits per heavy atom. The van der Waals surface area contributed by atoms with Gasteiger partial charge in [-0.2, -0.15) is 0 Å². The zero-order chi connectivity index (χ0) is 14.7. The van der Waals surface area contributed by atoms with Gasteiger partial charge in [-0.1, -0.05) is 33.3 Å². The van der Waals surface area contributed by atoms with E-state index >= 15 is 0 Å². The predicted molar refractivity (Wildman–Crippen MR) is 93.8 cm³/mol. The minimum absolute atomic E-state index is 0.668. The molecule has 1 aromatic rings. The van der Waals surface area contributed by atoms with Crippen LogP contribution >= 0.6 is 31.9 Å². The Balaban J connectivity index is 1.98. The summed E-state index contributed by atoms with van der Waals surface area (Å²) < 4.78 is 2.25. The van der Waals surface area contributed by atoms with E-state index in [2.05, 4.69) is 76.1 Å². The van der Waals surface area contributed by atoms with Gasteiger partial charge in [-0.3, -0.25) is 0 Å². The lowest BCUT2D eigenvalue weighted by Crippen LogP contribution is -2.42. The molecule has 3 heteroatoms. The van der Waals surface area contributed by atoms with Gasteiger partial charge in [-0.25, -0.2) is 0 Å². The molecule has 1 aliphatic rings. The van der Waals surface area contributed by atoms with Crippen molar-refractivity contribution in [3.05, 3.63) is 32.7 Å². The highest BCUT2D eigenvalue weighted by molar-refractivity contribution is 9.13. The Morgan fingerprint density at radius 1 is 1.20 bits per heavy atom. The van der Waals surface area contributed by atoms with Gasteiger partial charge in [-0.15, -0.1) is 0 Å². The summed E-state index contributed by atoms with van der Waals surface area (Å²) in [5.74, 6) is 2.46. The van der Waals surface area contributed by atoms with Crippen molar-refractivity contribution >= 4 is 31.9 Å². The molecule has 1 fully saturated rings. The predicted octanol–water partition coefficient (Wildman–Crippen LogP) is 5.76. The molecule has 0 aliphatic heterocycles. The molecule has 1 N–H and O–H groups in total. The van der Waals surface area contributed by atoms with E-state index in [0.717, 1.165) is 33.2 Å². The maximum Gasteiger partial charge on any atom is 0.0320 e. The largest absolute Gasteiger partial charge is 0.310 e. The summed E-state index contributed by atoms with van der Waals surface area (Å²) in [5.41, 5.74) is 1.35. The van der Waals surface area contributed by atoms with E-state index in [4.69, 9.17) is 0 Å². The highest BCUT2D eigenvalue weighted by atomic mass is 79.9. The zero-order valence-electron chi connectivity index (χ0n) is 12.6. The number of rotatable bonds is 4. The first-order chi connectivity index (χ1) is 9.47. The number of benzene rings is 1. The van der Waals surface area contributed by atoms with Crippen LogP contribution in [0.1, 0.15) is 45.6 Å². The van der Waals surface area contributed by atoms with Gasteiger partial charge in [0.1, 0.15) is 0 Å². The molecule has 1 saturated carbocycles. The maximum absolute atomic E-state index is 3.81. The van der Waals surface area contributed by atoms with E-state index in [0.29, 0.717) is 6.04 Å².